The maximum absolute atomic E-state index is 4.02. The molecule has 1 heterocycles. The fourth-order valence-electron chi connectivity index (χ4n) is 1.18. The minimum absolute atomic E-state index is 0.243. The van der Waals surface area contributed by atoms with Gasteiger partial charge in [-0.2, -0.15) is 0 Å². The van der Waals surface area contributed by atoms with E-state index >= 15 is 0 Å². The summed E-state index contributed by atoms with van der Waals surface area (Å²) < 4.78 is 1.92. The van der Waals surface area contributed by atoms with Gasteiger partial charge in [-0.05, 0) is 19.9 Å². The first kappa shape index (κ1) is 9.92. The highest BCUT2D eigenvalue weighted by Crippen LogP contribution is 2.06. The van der Waals surface area contributed by atoms with Crippen molar-refractivity contribution < 1.29 is 0 Å². The Bertz CT molecular complexity index is 266. The quantitative estimate of drug-likeness (QED) is 0.544. The van der Waals surface area contributed by atoms with E-state index in [2.05, 4.69) is 29.0 Å². The second-order valence-electron chi connectivity index (χ2n) is 3.05. The minimum atomic E-state index is 0.243. The van der Waals surface area contributed by atoms with Crippen molar-refractivity contribution in [3.8, 4) is 0 Å². The highest BCUT2D eigenvalue weighted by molar-refractivity contribution is 4.91. The van der Waals surface area contributed by atoms with Crippen LogP contribution in [0.5, 0.6) is 0 Å². The highest BCUT2D eigenvalue weighted by Gasteiger charge is 2.08. The van der Waals surface area contributed by atoms with E-state index < -0.39 is 0 Å². The smallest absolute Gasteiger partial charge is 0.149 e. The van der Waals surface area contributed by atoms with E-state index in [9.17, 15) is 0 Å². The van der Waals surface area contributed by atoms with Crippen LogP contribution in [0.2, 0.25) is 0 Å². The summed E-state index contributed by atoms with van der Waals surface area (Å²) in [7, 11) is 1.95. The van der Waals surface area contributed by atoms with Crippen LogP contribution in [0.3, 0.4) is 0 Å². The Kier molecular flexibility index (Phi) is 3.64. The molecule has 0 aromatic carbocycles. The summed E-state index contributed by atoms with van der Waals surface area (Å²) in [5.41, 5.74) is 0. The standard InChI is InChI=1S/C9H16N4/c1-4-5-6-10-8(2)9-12-11-7-13(9)3/h4,7-8,10H,1,5-6H2,2-3H3. The van der Waals surface area contributed by atoms with E-state index in [0.29, 0.717) is 0 Å². The fraction of sp³-hybridized carbons (Fsp3) is 0.556. The van der Waals surface area contributed by atoms with Crippen LogP contribution >= 0.6 is 0 Å². The van der Waals surface area contributed by atoms with Crippen molar-refractivity contribution in [2.45, 2.75) is 19.4 Å². The summed E-state index contributed by atoms with van der Waals surface area (Å²) in [6.07, 6.45) is 4.58. The molecule has 1 N–H and O–H groups in total. The third-order valence-corrected chi connectivity index (χ3v) is 1.93. The van der Waals surface area contributed by atoms with Gasteiger partial charge >= 0.3 is 0 Å². The van der Waals surface area contributed by atoms with Gasteiger partial charge in [0, 0.05) is 7.05 Å². The second-order valence-corrected chi connectivity index (χ2v) is 3.05. The van der Waals surface area contributed by atoms with Crippen LogP contribution in [0.1, 0.15) is 25.2 Å². The van der Waals surface area contributed by atoms with Crippen molar-refractivity contribution in [2.75, 3.05) is 6.54 Å². The van der Waals surface area contributed by atoms with Crippen LogP contribution in [-0.2, 0) is 7.05 Å². The van der Waals surface area contributed by atoms with E-state index in [1.165, 1.54) is 0 Å². The summed E-state index contributed by atoms with van der Waals surface area (Å²) in [6.45, 7) is 6.67. The summed E-state index contributed by atoms with van der Waals surface area (Å²) in [6, 6.07) is 0.243. The van der Waals surface area contributed by atoms with Gasteiger partial charge in [0.2, 0.25) is 0 Å². The lowest BCUT2D eigenvalue weighted by Gasteiger charge is -2.11. The Morgan fingerprint density at radius 3 is 3.08 bits per heavy atom. The van der Waals surface area contributed by atoms with E-state index in [1.54, 1.807) is 6.33 Å². The molecule has 0 bridgehead atoms. The molecule has 0 saturated heterocycles. The zero-order valence-electron chi connectivity index (χ0n) is 8.20. The molecule has 0 aliphatic heterocycles. The third kappa shape index (κ3) is 2.66. The molecule has 0 spiro atoms. The SMILES string of the molecule is C=CCCNC(C)c1nncn1C. The van der Waals surface area contributed by atoms with Crippen molar-refractivity contribution in [3.05, 3.63) is 24.8 Å². The Morgan fingerprint density at radius 1 is 1.77 bits per heavy atom. The molecular formula is C9H16N4. The van der Waals surface area contributed by atoms with Crippen molar-refractivity contribution in [2.24, 2.45) is 7.05 Å². The Labute approximate surface area is 78.7 Å². The molecule has 1 unspecified atom stereocenters. The van der Waals surface area contributed by atoms with E-state index in [4.69, 9.17) is 0 Å². The molecule has 72 valence electrons. The van der Waals surface area contributed by atoms with Crippen LogP contribution < -0.4 is 5.32 Å². The van der Waals surface area contributed by atoms with Gasteiger partial charge in [-0.1, -0.05) is 6.08 Å². The van der Waals surface area contributed by atoms with Crippen LogP contribution in [0, 0.1) is 0 Å². The van der Waals surface area contributed by atoms with Gasteiger partial charge in [-0.25, -0.2) is 0 Å². The maximum atomic E-state index is 4.02. The zero-order valence-corrected chi connectivity index (χ0v) is 8.20. The van der Waals surface area contributed by atoms with Crippen LogP contribution in [0.25, 0.3) is 0 Å². The summed E-state index contributed by atoms with van der Waals surface area (Å²) in [5, 5.41) is 11.2. The molecule has 0 saturated carbocycles. The molecule has 1 aromatic rings. The zero-order chi connectivity index (χ0) is 9.68. The lowest BCUT2D eigenvalue weighted by atomic mass is 10.3. The molecule has 0 aliphatic carbocycles. The summed E-state index contributed by atoms with van der Waals surface area (Å²) in [4.78, 5) is 0. The molecule has 0 aliphatic rings. The number of aromatic nitrogens is 3. The maximum Gasteiger partial charge on any atom is 0.149 e. The Morgan fingerprint density at radius 2 is 2.54 bits per heavy atom. The van der Waals surface area contributed by atoms with Crippen molar-refractivity contribution in [1.29, 1.82) is 0 Å². The van der Waals surface area contributed by atoms with Crippen molar-refractivity contribution in [1.82, 2.24) is 20.1 Å². The largest absolute Gasteiger partial charge is 0.319 e. The average molecular weight is 180 g/mol. The predicted molar refractivity (Wildman–Crippen MR) is 52.2 cm³/mol. The van der Waals surface area contributed by atoms with Crippen LogP contribution in [0.4, 0.5) is 0 Å². The third-order valence-electron chi connectivity index (χ3n) is 1.93. The number of rotatable bonds is 5. The fourth-order valence-corrected chi connectivity index (χ4v) is 1.18. The Balaban J connectivity index is 2.44. The number of nitrogens with zero attached hydrogens (tertiary/aromatic N) is 3. The van der Waals surface area contributed by atoms with Gasteiger partial charge in [0.25, 0.3) is 0 Å². The average Bonchev–Trinajstić information content (AvgIpc) is 2.52. The minimum Gasteiger partial charge on any atom is -0.319 e. The number of aryl methyl sites for hydroxylation is 1. The van der Waals surface area contributed by atoms with Crippen LogP contribution in [0.15, 0.2) is 19.0 Å². The molecule has 4 heteroatoms. The first-order valence-corrected chi connectivity index (χ1v) is 4.44. The number of hydrogen-bond donors (Lipinski definition) is 1. The van der Waals surface area contributed by atoms with Crippen LogP contribution in [-0.4, -0.2) is 21.3 Å². The first-order chi connectivity index (χ1) is 6.25. The van der Waals surface area contributed by atoms with Gasteiger partial charge in [0.1, 0.15) is 12.2 Å². The first-order valence-electron chi connectivity index (χ1n) is 4.44. The van der Waals surface area contributed by atoms with Gasteiger partial charge in [-0.3, -0.25) is 0 Å². The normalized spacial score (nSPS) is 12.8. The topological polar surface area (TPSA) is 42.7 Å². The molecule has 13 heavy (non-hydrogen) atoms. The number of hydrogen-bond acceptors (Lipinski definition) is 3. The summed E-state index contributed by atoms with van der Waals surface area (Å²) in [5.74, 6) is 0.962. The molecule has 0 amide bonds. The molecule has 0 fully saturated rings. The van der Waals surface area contributed by atoms with Gasteiger partial charge in [0.05, 0.1) is 6.04 Å². The van der Waals surface area contributed by atoms with Crippen molar-refractivity contribution in [3.63, 3.8) is 0 Å². The summed E-state index contributed by atoms with van der Waals surface area (Å²) >= 11 is 0. The van der Waals surface area contributed by atoms with E-state index in [-0.39, 0.29) is 6.04 Å². The molecule has 1 aromatic heterocycles. The van der Waals surface area contributed by atoms with Gasteiger partial charge in [0.15, 0.2) is 0 Å². The predicted octanol–water partition coefficient (Wildman–Crippen LogP) is 1.04. The second kappa shape index (κ2) is 4.77. The molecule has 1 atom stereocenters. The molecular weight excluding hydrogens is 164 g/mol. The van der Waals surface area contributed by atoms with Gasteiger partial charge < -0.3 is 9.88 Å². The van der Waals surface area contributed by atoms with E-state index in [0.717, 1.165) is 18.8 Å². The van der Waals surface area contributed by atoms with Crippen molar-refractivity contribution >= 4 is 0 Å². The highest BCUT2D eigenvalue weighted by atomic mass is 15.3. The number of nitrogens with one attached hydrogen (secondary N) is 1. The monoisotopic (exact) mass is 180 g/mol. The van der Waals surface area contributed by atoms with Gasteiger partial charge in [-0.15, -0.1) is 16.8 Å². The lowest BCUT2D eigenvalue weighted by molar-refractivity contribution is 0.534. The molecule has 1 rings (SSSR count). The molecule has 4 nitrogen and oxygen atoms in total. The molecule has 0 radical (unpaired) electrons. The Hall–Kier alpha value is -1.16. The van der Waals surface area contributed by atoms with E-state index in [1.807, 2.05) is 17.7 Å². The lowest BCUT2D eigenvalue weighted by Crippen LogP contribution is -2.22.